The van der Waals surface area contributed by atoms with E-state index in [2.05, 4.69) is 10.1 Å². The molecular weight excluding hydrogens is 220 g/mol. The minimum absolute atomic E-state index is 0.00336. The van der Waals surface area contributed by atoms with Crippen molar-refractivity contribution in [2.24, 2.45) is 16.8 Å². The minimum Gasteiger partial charge on any atom is -0.409 e. The van der Waals surface area contributed by atoms with E-state index >= 15 is 0 Å². The molecule has 0 spiro atoms. The summed E-state index contributed by atoms with van der Waals surface area (Å²) >= 11 is 0. The van der Waals surface area contributed by atoms with Crippen molar-refractivity contribution in [1.29, 1.82) is 0 Å². The lowest BCUT2D eigenvalue weighted by molar-refractivity contribution is -0.137. The summed E-state index contributed by atoms with van der Waals surface area (Å²) in [4.78, 5) is 16.3. The first-order valence-electron chi connectivity index (χ1n) is 5.97. The zero-order valence-electron chi connectivity index (χ0n) is 10.8. The fourth-order valence-corrected chi connectivity index (χ4v) is 2.25. The van der Waals surface area contributed by atoms with Gasteiger partial charge in [-0.3, -0.25) is 4.79 Å². The molecule has 0 aromatic rings. The summed E-state index contributed by atoms with van der Waals surface area (Å²) in [5.74, 6) is -0.544. The fourth-order valence-electron chi connectivity index (χ4n) is 2.25. The van der Waals surface area contributed by atoms with Crippen LogP contribution in [-0.2, 0) is 4.79 Å². The number of amidine groups is 1. The molecule has 0 saturated carbocycles. The average molecular weight is 242 g/mol. The van der Waals surface area contributed by atoms with Crippen molar-refractivity contribution < 1.29 is 10.0 Å². The van der Waals surface area contributed by atoms with Gasteiger partial charge in [-0.25, -0.2) is 0 Å². The highest BCUT2D eigenvalue weighted by atomic mass is 16.4. The van der Waals surface area contributed by atoms with Gasteiger partial charge < -0.3 is 20.7 Å². The summed E-state index contributed by atoms with van der Waals surface area (Å²) in [7, 11) is 2.04. The highest BCUT2D eigenvalue weighted by molar-refractivity contribution is 6.02. The van der Waals surface area contributed by atoms with Crippen LogP contribution in [0.1, 0.15) is 20.3 Å². The molecule has 0 aromatic heterocycles. The van der Waals surface area contributed by atoms with Crippen LogP contribution >= 0.6 is 0 Å². The molecule has 1 amide bonds. The molecule has 6 heteroatoms. The third-order valence-electron chi connectivity index (χ3n) is 3.29. The van der Waals surface area contributed by atoms with Crippen molar-refractivity contribution in [2.45, 2.75) is 26.3 Å². The molecule has 1 rings (SSSR count). The Kier molecular flexibility index (Phi) is 4.74. The molecular formula is C11H22N4O2. The monoisotopic (exact) mass is 242 g/mol. The molecule has 2 unspecified atom stereocenters. The number of hydrogen-bond acceptors (Lipinski definition) is 4. The Hall–Kier alpha value is -1.30. The van der Waals surface area contributed by atoms with Gasteiger partial charge in [-0.15, -0.1) is 0 Å². The topological polar surface area (TPSA) is 82.2 Å². The van der Waals surface area contributed by atoms with E-state index in [4.69, 9.17) is 10.9 Å². The van der Waals surface area contributed by atoms with Gasteiger partial charge in [-0.2, -0.15) is 0 Å². The number of amides is 1. The van der Waals surface area contributed by atoms with Crippen molar-refractivity contribution in [3.63, 3.8) is 0 Å². The van der Waals surface area contributed by atoms with Crippen LogP contribution in [0.5, 0.6) is 0 Å². The average Bonchev–Trinajstić information content (AvgIpc) is 2.29. The number of likely N-dealkylation sites (N-methyl/N-ethyl adjacent to an activating group) is 1. The van der Waals surface area contributed by atoms with Crippen LogP contribution in [-0.4, -0.2) is 59.5 Å². The van der Waals surface area contributed by atoms with Gasteiger partial charge in [0.05, 0.1) is 5.92 Å². The largest absolute Gasteiger partial charge is 0.409 e. The fraction of sp³-hybridized carbons (Fsp3) is 0.818. The van der Waals surface area contributed by atoms with Gasteiger partial charge in [0.2, 0.25) is 5.91 Å². The number of hydrogen-bond donors (Lipinski definition) is 2. The maximum atomic E-state index is 12.3. The number of oxime groups is 1. The molecule has 1 fully saturated rings. The zero-order chi connectivity index (χ0) is 13.0. The van der Waals surface area contributed by atoms with Gasteiger partial charge >= 0.3 is 0 Å². The van der Waals surface area contributed by atoms with Crippen LogP contribution in [0.25, 0.3) is 0 Å². The smallest absolute Gasteiger partial charge is 0.233 e. The van der Waals surface area contributed by atoms with Gasteiger partial charge in [0.25, 0.3) is 0 Å². The van der Waals surface area contributed by atoms with Crippen LogP contribution in [0.3, 0.4) is 0 Å². The number of nitrogens with zero attached hydrogens (tertiary/aromatic N) is 3. The number of rotatable bonds is 3. The Morgan fingerprint density at radius 2 is 2.24 bits per heavy atom. The van der Waals surface area contributed by atoms with Crippen molar-refractivity contribution in [1.82, 2.24) is 9.80 Å². The summed E-state index contributed by atoms with van der Waals surface area (Å²) in [5.41, 5.74) is 5.55. The third-order valence-corrected chi connectivity index (χ3v) is 3.29. The van der Waals surface area contributed by atoms with Crippen molar-refractivity contribution in [3.8, 4) is 0 Å². The van der Waals surface area contributed by atoms with E-state index < -0.39 is 5.92 Å². The first kappa shape index (κ1) is 13.8. The minimum atomic E-state index is -0.508. The van der Waals surface area contributed by atoms with Crippen LogP contribution in [0.4, 0.5) is 0 Å². The van der Waals surface area contributed by atoms with E-state index in [-0.39, 0.29) is 17.8 Å². The quantitative estimate of drug-likeness (QED) is 0.314. The van der Waals surface area contributed by atoms with Crippen LogP contribution < -0.4 is 5.73 Å². The number of piperazine rings is 1. The highest BCUT2D eigenvalue weighted by Gasteiger charge is 2.31. The van der Waals surface area contributed by atoms with Crippen LogP contribution in [0.15, 0.2) is 5.16 Å². The zero-order valence-corrected chi connectivity index (χ0v) is 10.8. The Morgan fingerprint density at radius 1 is 1.59 bits per heavy atom. The summed E-state index contributed by atoms with van der Waals surface area (Å²) in [6, 6.07) is 0.168. The summed E-state index contributed by atoms with van der Waals surface area (Å²) in [5, 5.41) is 11.6. The molecule has 0 aliphatic carbocycles. The molecule has 6 nitrogen and oxygen atoms in total. The molecule has 1 saturated heterocycles. The molecule has 2 atom stereocenters. The molecule has 1 aliphatic rings. The first-order chi connectivity index (χ1) is 8.01. The predicted molar refractivity (Wildman–Crippen MR) is 65.9 cm³/mol. The van der Waals surface area contributed by atoms with Gasteiger partial charge in [0.1, 0.15) is 0 Å². The lowest BCUT2D eigenvalue weighted by Gasteiger charge is -2.39. The van der Waals surface area contributed by atoms with Crippen molar-refractivity contribution >= 4 is 11.7 Å². The second-order valence-corrected chi connectivity index (χ2v) is 4.63. The first-order valence-corrected chi connectivity index (χ1v) is 5.97. The predicted octanol–water partition coefficient (Wildman–Crippen LogP) is -0.0785. The van der Waals surface area contributed by atoms with E-state index in [1.165, 1.54) is 0 Å². The van der Waals surface area contributed by atoms with E-state index in [9.17, 15) is 4.79 Å². The van der Waals surface area contributed by atoms with E-state index in [1.807, 2.05) is 25.8 Å². The Morgan fingerprint density at radius 3 is 2.71 bits per heavy atom. The third kappa shape index (κ3) is 3.09. The van der Waals surface area contributed by atoms with E-state index in [1.54, 1.807) is 0 Å². The molecule has 3 N–H and O–H groups in total. The van der Waals surface area contributed by atoms with E-state index in [0.717, 1.165) is 13.1 Å². The van der Waals surface area contributed by atoms with E-state index in [0.29, 0.717) is 13.0 Å². The maximum absolute atomic E-state index is 12.3. The standard InChI is InChI=1S/C11H22N4O2/c1-4-9(10(12)13-17)11(16)15-6-5-14(3)7-8(15)2/h8-9,17H,4-7H2,1-3H3,(H2,12,13). The maximum Gasteiger partial charge on any atom is 0.233 e. The van der Waals surface area contributed by atoms with Crippen LogP contribution in [0.2, 0.25) is 0 Å². The van der Waals surface area contributed by atoms with Crippen LogP contribution in [0, 0.1) is 5.92 Å². The summed E-state index contributed by atoms with van der Waals surface area (Å²) in [6.45, 7) is 6.31. The second-order valence-electron chi connectivity index (χ2n) is 4.63. The molecule has 1 heterocycles. The molecule has 0 radical (unpaired) electrons. The van der Waals surface area contributed by atoms with Gasteiger partial charge in [0.15, 0.2) is 5.84 Å². The van der Waals surface area contributed by atoms with Gasteiger partial charge in [-0.1, -0.05) is 12.1 Å². The Bertz CT molecular complexity index is 306. The molecule has 0 bridgehead atoms. The SMILES string of the molecule is CCC(C(=O)N1CCN(C)CC1C)C(N)=NO. The number of carbonyl (C=O) groups excluding carboxylic acids is 1. The van der Waals surface area contributed by atoms with Crippen molar-refractivity contribution in [3.05, 3.63) is 0 Å². The summed E-state index contributed by atoms with van der Waals surface area (Å²) in [6.07, 6.45) is 0.549. The molecule has 17 heavy (non-hydrogen) atoms. The highest BCUT2D eigenvalue weighted by Crippen LogP contribution is 2.14. The molecule has 0 aromatic carbocycles. The number of nitrogens with two attached hydrogens (primary N) is 1. The lowest BCUT2D eigenvalue weighted by atomic mass is 10.0. The number of carbonyl (C=O) groups is 1. The van der Waals surface area contributed by atoms with Gasteiger partial charge in [-0.05, 0) is 20.4 Å². The lowest BCUT2D eigenvalue weighted by Crippen LogP contribution is -2.55. The van der Waals surface area contributed by atoms with Crippen molar-refractivity contribution in [2.75, 3.05) is 26.7 Å². The Balaban J connectivity index is 2.74. The normalized spacial score (nSPS) is 24.8. The summed E-state index contributed by atoms with van der Waals surface area (Å²) < 4.78 is 0. The van der Waals surface area contributed by atoms with Gasteiger partial charge in [0, 0.05) is 25.7 Å². The second kappa shape index (κ2) is 5.86. The molecule has 98 valence electrons. The molecule has 1 aliphatic heterocycles. The Labute approximate surface area is 102 Å².